The molecule has 1 fully saturated rings. The van der Waals surface area contributed by atoms with Crippen molar-refractivity contribution in [1.29, 1.82) is 0 Å². The summed E-state index contributed by atoms with van der Waals surface area (Å²) in [5.41, 5.74) is 6.38. The lowest BCUT2D eigenvalue weighted by Crippen LogP contribution is -2.49. The molecule has 7 nitrogen and oxygen atoms in total. The fraction of sp³-hybridized carbons (Fsp3) is 0.526. The van der Waals surface area contributed by atoms with E-state index in [0.29, 0.717) is 30.8 Å². The molecule has 3 amide bonds. The van der Waals surface area contributed by atoms with Crippen molar-refractivity contribution in [3.63, 3.8) is 0 Å². The molecule has 3 N–H and O–H groups in total. The maximum Gasteiger partial charge on any atom is 0.254 e. The van der Waals surface area contributed by atoms with Crippen LogP contribution in [0.5, 0.6) is 0 Å². The van der Waals surface area contributed by atoms with Crippen LogP contribution in [0.15, 0.2) is 24.3 Å². The Morgan fingerprint density at radius 2 is 1.96 bits per heavy atom. The van der Waals surface area contributed by atoms with Gasteiger partial charge in [0.2, 0.25) is 5.91 Å². The van der Waals surface area contributed by atoms with E-state index in [9.17, 15) is 14.4 Å². The van der Waals surface area contributed by atoms with Gasteiger partial charge in [0.15, 0.2) is 0 Å². The molecule has 0 aliphatic carbocycles. The van der Waals surface area contributed by atoms with Crippen LogP contribution in [0.25, 0.3) is 0 Å². The lowest BCUT2D eigenvalue weighted by atomic mass is 10.00. The summed E-state index contributed by atoms with van der Waals surface area (Å²) in [4.78, 5) is 40.1. The van der Waals surface area contributed by atoms with Crippen LogP contribution < -0.4 is 11.1 Å². The second kappa shape index (κ2) is 9.33. The number of benzene rings is 1. The van der Waals surface area contributed by atoms with E-state index in [1.165, 1.54) is 4.90 Å². The molecule has 0 spiro atoms. The number of nitrogens with two attached hydrogens (primary N) is 1. The highest BCUT2D eigenvalue weighted by molar-refractivity contribution is 5.99. The Kier molecular flexibility index (Phi) is 7.15. The highest BCUT2D eigenvalue weighted by Crippen LogP contribution is 2.20. The van der Waals surface area contributed by atoms with Gasteiger partial charge in [0, 0.05) is 57.3 Å². The lowest BCUT2D eigenvalue weighted by Gasteiger charge is -2.36. The molecule has 1 heterocycles. The summed E-state index contributed by atoms with van der Waals surface area (Å²) in [6, 6.07) is 6.77. The SMILES string of the molecule is CN(C)C(=O)c1cccc(C(=O)N2CCCCC2CNC(=O)CCN)c1. The second-order valence-corrected chi connectivity index (χ2v) is 6.77. The molecule has 26 heavy (non-hydrogen) atoms. The molecule has 1 saturated heterocycles. The summed E-state index contributed by atoms with van der Waals surface area (Å²) in [6.45, 7) is 1.40. The van der Waals surface area contributed by atoms with E-state index in [1.54, 1.807) is 38.4 Å². The molecule has 1 unspecified atom stereocenters. The van der Waals surface area contributed by atoms with Gasteiger partial charge in [-0.2, -0.15) is 0 Å². The Labute approximate surface area is 154 Å². The van der Waals surface area contributed by atoms with Gasteiger partial charge in [-0.15, -0.1) is 0 Å². The molecule has 1 aliphatic heterocycles. The molecule has 0 aromatic heterocycles. The van der Waals surface area contributed by atoms with Crippen molar-refractivity contribution in [2.45, 2.75) is 31.7 Å². The number of hydrogen-bond acceptors (Lipinski definition) is 4. The van der Waals surface area contributed by atoms with Gasteiger partial charge in [-0.25, -0.2) is 0 Å². The molecule has 0 radical (unpaired) electrons. The summed E-state index contributed by atoms with van der Waals surface area (Å²) in [6.07, 6.45) is 3.11. The van der Waals surface area contributed by atoms with E-state index in [1.807, 2.05) is 4.90 Å². The number of hydrogen-bond donors (Lipinski definition) is 2. The molecule has 2 rings (SSSR count). The number of nitrogens with zero attached hydrogens (tertiary/aromatic N) is 2. The third-order valence-electron chi connectivity index (χ3n) is 4.56. The average molecular weight is 360 g/mol. The number of rotatable bonds is 6. The Morgan fingerprint density at radius 1 is 1.23 bits per heavy atom. The highest BCUT2D eigenvalue weighted by Gasteiger charge is 2.28. The lowest BCUT2D eigenvalue weighted by molar-refractivity contribution is -0.121. The first kappa shape index (κ1) is 19.9. The molecule has 1 aromatic carbocycles. The van der Waals surface area contributed by atoms with Gasteiger partial charge in [-0.1, -0.05) is 6.07 Å². The fourth-order valence-electron chi connectivity index (χ4n) is 3.14. The van der Waals surface area contributed by atoms with Crippen LogP contribution in [-0.4, -0.2) is 67.3 Å². The Bertz CT molecular complexity index is 660. The van der Waals surface area contributed by atoms with Gasteiger partial charge in [0.25, 0.3) is 11.8 Å². The Hall–Kier alpha value is -2.41. The van der Waals surface area contributed by atoms with Gasteiger partial charge in [-0.3, -0.25) is 14.4 Å². The smallest absolute Gasteiger partial charge is 0.254 e. The van der Waals surface area contributed by atoms with Gasteiger partial charge >= 0.3 is 0 Å². The van der Waals surface area contributed by atoms with Crippen molar-refractivity contribution in [2.75, 3.05) is 33.7 Å². The van der Waals surface area contributed by atoms with Crippen molar-refractivity contribution in [1.82, 2.24) is 15.1 Å². The predicted octanol–water partition coefficient (Wildman–Crippen LogP) is 0.848. The monoisotopic (exact) mass is 360 g/mol. The molecule has 1 aliphatic rings. The van der Waals surface area contributed by atoms with Crippen molar-refractivity contribution < 1.29 is 14.4 Å². The van der Waals surface area contributed by atoms with E-state index in [2.05, 4.69) is 5.32 Å². The molecule has 1 atom stereocenters. The Morgan fingerprint density at radius 3 is 2.65 bits per heavy atom. The largest absolute Gasteiger partial charge is 0.354 e. The minimum atomic E-state index is -0.135. The molecule has 7 heteroatoms. The number of amides is 3. The van der Waals surface area contributed by atoms with Crippen LogP contribution in [-0.2, 0) is 4.79 Å². The second-order valence-electron chi connectivity index (χ2n) is 6.77. The third-order valence-corrected chi connectivity index (χ3v) is 4.56. The van der Waals surface area contributed by atoms with Crippen LogP contribution in [0, 0.1) is 0 Å². The summed E-state index contributed by atoms with van der Waals surface area (Å²) in [5, 5.41) is 2.86. The van der Waals surface area contributed by atoms with E-state index >= 15 is 0 Å². The number of likely N-dealkylation sites (tertiary alicyclic amines) is 1. The number of carbonyl (C=O) groups is 3. The summed E-state index contributed by atoms with van der Waals surface area (Å²) < 4.78 is 0. The predicted molar refractivity (Wildman–Crippen MR) is 99.8 cm³/mol. The Balaban J connectivity index is 2.11. The average Bonchev–Trinajstić information content (AvgIpc) is 2.65. The molecular formula is C19H28N4O3. The molecule has 1 aromatic rings. The zero-order valence-electron chi connectivity index (χ0n) is 15.5. The fourth-order valence-corrected chi connectivity index (χ4v) is 3.14. The maximum atomic E-state index is 13.0. The van der Waals surface area contributed by atoms with Gasteiger partial charge in [-0.05, 0) is 37.5 Å². The molecule has 0 bridgehead atoms. The van der Waals surface area contributed by atoms with Gasteiger partial charge in [0.05, 0.1) is 0 Å². The van der Waals surface area contributed by atoms with Gasteiger partial charge in [0.1, 0.15) is 0 Å². The number of piperidine rings is 1. The van der Waals surface area contributed by atoms with Crippen molar-refractivity contribution >= 4 is 17.7 Å². The topological polar surface area (TPSA) is 95.7 Å². The van der Waals surface area contributed by atoms with Gasteiger partial charge < -0.3 is 20.9 Å². The summed E-state index contributed by atoms with van der Waals surface area (Å²) in [5.74, 6) is -0.330. The number of nitrogens with one attached hydrogen (secondary N) is 1. The minimum Gasteiger partial charge on any atom is -0.354 e. The van der Waals surface area contributed by atoms with Crippen LogP contribution in [0.4, 0.5) is 0 Å². The van der Waals surface area contributed by atoms with Crippen LogP contribution in [0.3, 0.4) is 0 Å². The zero-order chi connectivity index (χ0) is 19.1. The van der Waals surface area contributed by atoms with E-state index in [4.69, 9.17) is 5.73 Å². The maximum absolute atomic E-state index is 13.0. The standard InChI is InChI=1S/C19H28N4O3/c1-22(2)18(25)14-6-5-7-15(12-14)19(26)23-11-4-3-8-16(23)13-21-17(24)9-10-20/h5-7,12,16H,3-4,8-11,13,20H2,1-2H3,(H,21,24). The normalized spacial score (nSPS) is 16.9. The van der Waals surface area contributed by atoms with Crippen LogP contribution in [0.2, 0.25) is 0 Å². The summed E-state index contributed by atoms with van der Waals surface area (Å²) in [7, 11) is 3.36. The van der Waals surface area contributed by atoms with Crippen molar-refractivity contribution in [3.8, 4) is 0 Å². The quantitative estimate of drug-likeness (QED) is 0.786. The first-order valence-electron chi connectivity index (χ1n) is 9.03. The minimum absolute atomic E-state index is 0.0359. The number of carbonyl (C=O) groups excluding carboxylic acids is 3. The zero-order valence-corrected chi connectivity index (χ0v) is 15.5. The van der Waals surface area contributed by atoms with E-state index in [0.717, 1.165) is 19.3 Å². The highest BCUT2D eigenvalue weighted by atomic mass is 16.2. The first-order chi connectivity index (χ1) is 12.4. The molecule has 0 saturated carbocycles. The first-order valence-corrected chi connectivity index (χ1v) is 9.03. The van der Waals surface area contributed by atoms with E-state index in [-0.39, 0.29) is 30.2 Å². The molecular weight excluding hydrogens is 332 g/mol. The van der Waals surface area contributed by atoms with Crippen molar-refractivity contribution in [3.05, 3.63) is 35.4 Å². The van der Waals surface area contributed by atoms with E-state index < -0.39 is 0 Å². The summed E-state index contributed by atoms with van der Waals surface area (Å²) >= 11 is 0. The van der Waals surface area contributed by atoms with Crippen molar-refractivity contribution in [2.24, 2.45) is 5.73 Å². The third kappa shape index (κ3) is 5.05. The van der Waals surface area contributed by atoms with Crippen LogP contribution in [0.1, 0.15) is 46.4 Å². The van der Waals surface area contributed by atoms with Crippen LogP contribution >= 0.6 is 0 Å². The molecule has 142 valence electrons.